The molecule has 2 heterocycles. The maximum atomic E-state index is 12.6. The summed E-state index contributed by atoms with van der Waals surface area (Å²) in [4.78, 5) is 5.96. The predicted octanol–water partition coefficient (Wildman–Crippen LogP) is 3.29. The predicted molar refractivity (Wildman–Crippen MR) is 78.9 cm³/mol. The molecule has 0 fully saturated rings. The van der Waals surface area contributed by atoms with Crippen molar-refractivity contribution in [1.29, 1.82) is 0 Å². The topological polar surface area (TPSA) is 42.1 Å². The first-order valence-corrected chi connectivity index (χ1v) is 6.98. The number of pyridine rings is 1. The van der Waals surface area contributed by atoms with Crippen molar-refractivity contribution in [3.8, 4) is 0 Å². The van der Waals surface area contributed by atoms with Crippen molar-refractivity contribution in [2.24, 2.45) is 11.7 Å². The van der Waals surface area contributed by atoms with Crippen LogP contribution in [0.5, 0.6) is 0 Å². The lowest BCUT2D eigenvalue weighted by Crippen LogP contribution is -2.35. The molecular formula is C16H17F2N3. The van der Waals surface area contributed by atoms with Crippen molar-refractivity contribution in [2.45, 2.75) is 12.8 Å². The first kappa shape index (κ1) is 13.9. The second-order valence-electron chi connectivity index (χ2n) is 5.29. The summed E-state index contributed by atoms with van der Waals surface area (Å²) in [6.07, 6.45) is -0.0763. The molecule has 0 aliphatic carbocycles. The van der Waals surface area contributed by atoms with Gasteiger partial charge in [-0.2, -0.15) is 0 Å². The molecule has 0 amide bonds. The maximum absolute atomic E-state index is 12.6. The monoisotopic (exact) mass is 289 g/mol. The Morgan fingerprint density at radius 1 is 1.24 bits per heavy atom. The number of nitrogens with zero attached hydrogens (tertiary/aromatic N) is 2. The lowest BCUT2D eigenvalue weighted by atomic mass is 9.92. The van der Waals surface area contributed by atoms with Gasteiger partial charge < -0.3 is 10.6 Å². The molecule has 2 N–H and O–H groups in total. The number of halogens is 2. The average molecular weight is 289 g/mol. The maximum Gasteiger partial charge on any atom is 0.280 e. The number of alkyl halides is 2. The number of hydrogen-bond donors (Lipinski definition) is 1. The quantitative estimate of drug-likeness (QED) is 0.942. The molecule has 1 aromatic carbocycles. The van der Waals surface area contributed by atoms with Gasteiger partial charge in [0.2, 0.25) is 0 Å². The Bertz CT molecular complexity index is 613. The third kappa shape index (κ3) is 2.74. The van der Waals surface area contributed by atoms with Crippen LogP contribution in [0.15, 0.2) is 42.6 Å². The fraction of sp³-hybridized carbons (Fsp3) is 0.312. The Morgan fingerprint density at radius 2 is 2.05 bits per heavy atom. The summed E-state index contributed by atoms with van der Waals surface area (Å²) >= 11 is 0. The molecule has 0 saturated heterocycles. The summed E-state index contributed by atoms with van der Waals surface area (Å²) in [5, 5.41) is 0. The van der Waals surface area contributed by atoms with Crippen LogP contribution >= 0.6 is 0 Å². The SMILES string of the molecule is NCC1Cc2ccccc2N(c2ccc(C(F)F)nc2)C1. The normalized spacial score (nSPS) is 17.9. The summed E-state index contributed by atoms with van der Waals surface area (Å²) < 4.78 is 25.2. The molecule has 0 spiro atoms. The van der Waals surface area contributed by atoms with Crippen LogP contribution in [0.3, 0.4) is 0 Å². The molecule has 2 aromatic rings. The Kier molecular flexibility index (Phi) is 3.84. The van der Waals surface area contributed by atoms with E-state index < -0.39 is 6.43 Å². The van der Waals surface area contributed by atoms with Gasteiger partial charge >= 0.3 is 0 Å². The number of para-hydroxylation sites is 1. The van der Waals surface area contributed by atoms with Gasteiger partial charge in [-0.25, -0.2) is 8.78 Å². The van der Waals surface area contributed by atoms with Gasteiger partial charge in [-0.05, 0) is 42.6 Å². The number of nitrogens with two attached hydrogens (primary N) is 1. The number of anilines is 2. The number of hydrogen-bond acceptors (Lipinski definition) is 3. The number of fused-ring (bicyclic) bond motifs is 1. The van der Waals surface area contributed by atoms with Crippen molar-refractivity contribution in [2.75, 3.05) is 18.0 Å². The minimum Gasteiger partial charge on any atom is -0.340 e. The van der Waals surface area contributed by atoms with Crippen molar-refractivity contribution >= 4 is 11.4 Å². The van der Waals surface area contributed by atoms with E-state index in [0.717, 1.165) is 24.3 Å². The Labute approximate surface area is 122 Å². The molecule has 1 aliphatic heterocycles. The Balaban J connectivity index is 1.97. The lowest BCUT2D eigenvalue weighted by Gasteiger charge is -2.35. The highest BCUT2D eigenvalue weighted by atomic mass is 19.3. The van der Waals surface area contributed by atoms with Crippen molar-refractivity contribution in [1.82, 2.24) is 4.98 Å². The fourth-order valence-electron chi connectivity index (χ4n) is 2.77. The summed E-state index contributed by atoms with van der Waals surface area (Å²) in [6.45, 7) is 1.39. The van der Waals surface area contributed by atoms with Gasteiger partial charge in [0.15, 0.2) is 0 Å². The van der Waals surface area contributed by atoms with Gasteiger partial charge in [-0.1, -0.05) is 18.2 Å². The molecule has 3 nitrogen and oxygen atoms in total. The molecule has 21 heavy (non-hydrogen) atoms. The van der Waals surface area contributed by atoms with E-state index in [9.17, 15) is 8.78 Å². The first-order valence-electron chi connectivity index (χ1n) is 6.98. The number of rotatable bonds is 3. The van der Waals surface area contributed by atoms with E-state index in [1.807, 2.05) is 18.2 Å². The summed E-state index contributed by atoms with van der Waals surface area (Å²) in [5.41, 5.74) is 8.79. The highest BCUT2D eigenvalue weighted by Crippen LogP contribution is 2.35. The lowest BCUT2D eigenvalue weighted by molar-refractivity contribution is 0.146. The van der Waals surface area contributed by atoms with Crippen LogP contribution in [-0.4, -0.2) is 18.1 Å². The van der Waals surface area contributed by atoms with Gasteiger partial charge in [0.05, 0.1) is 11.9 Å². The average Bonchev–Trinajstić information content (AvgIpc) is 2.53. The number of aromatic nitrogens is 1. The minimum atomic E-state index is -2.54. The van der Waals surface area contributed by atoms with Gasteiger partial charge in [-0.3, -0.25) is 4.98 Å². The Hall–Kier alpha value is -2.01. The van der Waals surface area contributed by atoms with Gasteiger partial charge in [0.1, 0.15) is 5.69 Å². The molecule has 0 radical (unpaired) electrons. The highest BCUT2D eigenvalue weighted by molar-refractivity contribution is 5.67. The largest absolute Gasteiger partial charge is 0.340 e. The van der Waals surface area contributed by atoms with E-state index in [2.05, 4.69) is 16.0 Å². The highest BCUT2D eigenvalue weighted by Gasteiger charge is 2.24. The zero-order valence-electron chi connectivity index (χ0n) is 11.5. The molecule has 1 unspecified atom stereocenters. The third-order valence-corrected chi connectivity index (χ3v) is 3.87. The minimum absolute atomic E-state index is 0.195. The third-order valence-electron chi connectivity index (χ3n) is 3.87. The molecule has 1 aromatic heterocycles. The number of benzene rings is 1. The van der Waals surface area contributed by atoms with Gasteiger partial charge in [-0.15, -0.1) is 0 Å². The van der Waals surface area contributed by atoms with Crippen LogP contribution in [0, 0.1) is 5.92 Å². The van der Waals surface area contributed by atoms with Gasteiger partial charge in [0.25, 0.3) is 6.43 Å². The van der Waals surface area contributed by atoms with E-state index in [1.54, 1.807) is 6.07 Å². The van der Waals surface area contributed by atoms with E-state index >= 15 is 0 Å². The Morgan fingerprint density at radius 3 is 2.71 bits per heavy atom. The second kappa shape index (κ2) is 5.77. The molecule has 1 atom stereocenters. The zero-order valence-corrected chi connectivity index (χ0v) is 11.5. The smallest absolute Gasteiger partial charge is 0.280 e. The van der Waals surface area contributed by atoms with Crippen molar-refractivity contribution in [3.63, 3.8) is 0 Å². The molecule has 0 bridgehead atoms. The molecule has 5 heteroatoms. The van der Waals surface area contributed by atoms with Crippen LogP contribution in [0.1, 0.15) is 17.7 Å². The zero-order chi connectivity index (χ0) is 14.8. The molecule has 1 aliphatic rings. The van der Waals surface area contributed by atoms with Crippen LogP contribution in [0.25, 0.3) is 0 Å². The summed E-state index contributed by atoms with van der Waals surface area (Å²) in [7, 11) is 0. The molecular weight excluding hydrogens is 272 g/mol. The van der Waals surface area contributed by atoms with Crippen molar-refractivity contribution in [3.05, 3.63) is 53.9 Å². The van der Waals surface area contributed by atoms with E-state index in [0.29, 0.717) is 12.5 Å². The van der Waals surface area contributed by atoms with E-state index in [-0.39, 0.29) is 5.69 Å². The van der Waals surface area contributed by atoms with E-state index in [4.69, 9.17) is 5.73 Å². The fourth-order valence-corrected chi connectivity index (χ4v) is 2.77. The van der Waals surface area contributed by atoms with Crippen LogP contribution in [-0.2, 0) is 6.42 Å². The standard InChI is InChI=1S/C16H17F2N3/c17-16(18)14-6-5-13(9-20-14)21-10-11(8-19)7-12-3-1-2-4-15(12)21/h1-6,9,11,16H,7-8,10,19H2. The molecule has 0 saturated carbocycles. The summed E-state index contributed by atoms with van der Waals surface area (Å²) in [6, 6.07) is 11.2. The first-order chi connectivity index (χ1) is 10.2. The van der Waals surface area contributed by atoms with Crippen molar-refractivity contribution < 1.29 is 8.78 Å². The van der Waals surface area contributed by atoms with Gasteiger partial charge in [0, 0.05) is 12.2 Å². The molecule has 3 rings (SSSR count). The summed E-state index contributed by atoms with van der Waals surface area (Å²) in [5.74, 6) is 0.356. The second-order valence-corrected chi connectivity index (χ2v) is 5.29. The van der Waals surface area contributed by atoms with Crippen LogP contribution < -0.4 is 10.6 Å². The molecule has 110 valence electrons. The van der Waals surface area contributed by atoms with Crippen LogP contribution in [0.2, 0.25) is 0 Å². The van der Waals surface area contributed by atoms with Crippen LogP contribution in [0.4, 0.5) is 20.2 Å². The van der Waals surface area contributed by atoms with E-state index in [1.165, 1.54) is 17.8 Å².